The van der Waals surface area contributed by atoms with Crippen molar-refractivity contribution in [3.63, 3.8) is 0 Å². The topological polar surface area (TPSA) is 96.6 Å². The molecular formula is C19H17NO5S. The van der Waals surface area contributed by atoms with Crippen LogP contribution in [0.5, 0.6) is 11.5 Å². The minimum Gasteiger partial charge on any atom is -0.454 e. The van der Waals surface area contributed by atoms with Gasteiger partial charge in [0.15, 0.2) is 21.3 Å². The summed E-state index contributed by atoms with van der Waals surface area (Å²) in [6, 6.07) is 13.7. The van der Waals surface area contributed by atoms with Crippen LogP contribution < -0.4 is 9.47 Å². The van der Waals surface area contributed by atoms with Gasteiger partial charge in [-0.25, -0.2) is 8.42 Å². The molecule has 0 amide bonds. The summed E-state index contributed by atoms with van der Waals surface area (Å²) in [6.45, 7) is 1.45. The molecule has 1 saturated carbocycles. The molecule has 0 saturated heterocycles. The lowest BCUT2D eigenvalue weighted by molar-refractivity contribution is 0.174. The summed E-state index contributed by atoms with van der Waals surface area (Å²) in [5, 5.41) is 18.5. The van der Waals surface area contributed by atoms with Gasteiger partial charge in [0.1, 0.15) is 5.41 Å². The molecule has 1 aliphatic carbocycles. The van der Waals surface area contributed by atoms with Crippen LogP contribution in [0.25, 0.3) is 0 Å². The molecule has 0 spiro atoms. The normalized spacial score (nSPS) is 26.3. The average Bonchev–Trinajstić information content (AvgIpc) is 3.12. The van der Waals surface area contributed by atoms with E-state index in [4.69, 9.17) is 9.47 Å². The van der Waals surface area contributed by atoms with E-state index in [9.17, 15) is 18.8 Å². The zero-order valence-electron chi connectivity index (χ0n) is 14.0. The largest absolute Gasteiger partial charge is 0.454 e. The third-order valence-corrected chi connectivity index (χ3v) is 7.46. The lowest BCUT2D eigenvalue weighted by atomic mass is 10.0. The number of aliphatic hydroxyl groups excluding tert-OH is 1. The number of sulfone groups is 1. The van der Waals surface area contributed by atoms with Crippen LogP contribution in [0, 0.1) is 23.7 Å². The van der Waals surface area contributed by atoms with Crippen molar-refractivity contribution in [3.8, 4) is 17.6 Å². The maximum atomic E-state index is 13.1. The van der Waals surface area contributed by atoms with Crippen molar-refractivity contribution in [1.29, 1.82) is 5.26 Å². The zero-order chi connectivity index (χ0) is 18.5. The summed E-state index contributed by atoms with van der Waals surface area (Å²) in [7, 11) is -3.78. The first-order valence-corrected chi connectivity index (χ1v) is 9.71. The van der Waals surface area contributed by atoms with E-state index >= 15 is 0 Å². The number of aliphatic hydroxyl groups is 1. The highest BCUT2D eigenvalue weighted by Crippen LogP contribution is 2.64. The van der Waals surface area contributed by atoms with Crippen LogP contribution in [-0.2, 0) is 9.84 Å². The van der Waals surface area contributed by atoms with Gasteiger partial charge >= 0.3 is 0 Å². The van der Waals surface area contributed by atoms with E-state index in [2.05, 4.69) is 6.07 Å². The molecule has 0 aromatic heterocycles. The molecule has 0 radical (unpaired) electrons. The predicted molar refractivity (Wildman–Crippen MR) is 92.6 cm³/mol. The number of benzene rings is 2. The minimum absolute atomic E-state index is 0.109. The Balaban J connectivity index is 1.77. The van der Waals surface area contributed by atoms with E-state index in [-0.39, 0.29) is 11.7 Å². The van der Waals surface area contributed by atoms with Crippen LogP contribution >= 0.6 is 0 Å². The smallest absolute Gasteiger partial charge is 0.231 e. The number of nitriles is 1. The molecule has 1 heterocycles. The molecule has 2 aromatic rings. The van der Waals surface area contributed by atoms with Crippen molar-refractivity contribution in [2.75, 3.05) is 13.4 Å². The first-order chi connectivity index (χ1) is 12.4. The van der Waals surface area contributed by atoms with Crippen LogP contribution in [0.15, 0.2) is 47.4 Å². The van der Waals surface area contributed by atoms with Gasteiger partial charge in [0.25, 0.3) is 0 Å². The van der Waals surface area contributed by atoms with E-state index in [0.29, 0.717) is 17.1 Å². The van der Waals surface area contributed by atoms with Gasteiger partial charge < -0.3 is 14.6 Å². The number of nitrogens with zero attached hydrogens (tertiary/aromatic N) is 1. The standard InChI is InChI=1S/C19H17NO5S/c1-12-2-5-14(6-3-12)26(22,23)18-17(19(18,9-20)10-21)13-4-7-15-16(8-13)25-11-24-15/h2-8,17-18,21H,10-11H2,1H3/t17-,18-,19-/m1/s1. The van der Waals surface area contributed by atoms with Crippen LogP contribution in [0.1, 0.15) is 17.0 Å². The molecule has 4 rings (SSSR count). The molecule has 26 heavy (non-hydrogen) atoms. The second kappa shape index (κ2) is 5.73. The highest BCUT2D eigenvalue weighted by atomic mass is 32.2. The molecule has 1 N–H and O–H groups in total. The van der Waals surface area contributed by atoms with E-state index in [0.717, 1.165) is 5.56 Å². The quantitative estimate of drug-likeness (QED) is 0.885. The third-order valence-electron chi connectivity index (χ3n) is 5.17. The summed E-state index contributed by atoms with van der Waals surface area (Å²) in [5.41, 5.74) is 0.226. The molecule has 3 atom stereocenters. The van der Waals surface area contributed by atoms with Crippen molar-refractivity contribution < 1.29 is 23.0 Å². The summed E-state index contributed by atoms with van der Waals surface area (Å²) in [4.78, 5) is 0.157. The average molecular weight is 371 g/mol. The fourth-order valence-corrected chi connectivity index (χ4v) is 5.99. The van der Waals surface area contributed by atoms with E-state index in [1.807, 2.05) is 6.92 Å². The van der Waals surface area contributed by atoms with Gasteiger partial charge in [-0.15, -0.1) is 0 Å². The van der Waals surface area contributed by atoms with Gasteiger partial charge in [0, 0.05) is 5.92 Å². The highest BCUT2D eigenvalue weighted by molar-refractivity contribution is 7.92. The van der Waals surface area contributed by atoms with Crippen LogP contribution in [0.4, 0.5) is 0 Å². The molecule has 1 aliphatic heterocycles. The first kappa shape index (κ1) is 16.9. The molecule has 0 bridgehead atoms. The van der Waals surface area contributed by atoms with Crippen molar-refractivity contribution in [3.05, 3.63) is 53.6 Å². The second-order valence-corrected chi connectivity index (χ2v) is 8.75. The summed E-state index contributed by atoms with van der Waals surface area (Å²) < 4.78 is 36.9. The lowest BCUT2D eigenvalue weighted by Crippen LogP contribution is -2.18. The van der Waals surface area contributed by atoms with Gasteiger partial charge in [-0.2, -0.15) is 5.26 Å². The Labute approximate surface area is 151 Å². The zero-order valence-corrected chi connectivity index (χ0v) is 14.9. The number of rotatable bonds is 4. The van der Waals surface area contributed by atoms with Crippen LogP contribution in [0.2, 0.25) is 0 Å². The van der Waals surface area contributed by atoms with Gasteiger partial charge in [-0.05, 0) is 36.8 Å². The predicted octanol–water partition coefficient (Wildman–Crippen LogP) is 2.17. The Morgan fingerprint density at radius 2 is 1.88 bits per heavy atom. The van der Waals surface area contributed by atoms with Crippen molar-refractivity contribution in [2.45, 2.75) is 23.0 Å². The number of aryl methyl sites for hydroxylation is 1. The highest BCUT2D eigenvalue weighted by Gasteiger charge is 2.72. The van der Waals surface area contributed by atoms with Crippen molar-refractivity contribution >= 4 is 9.84 Å². The van der Waals surface area contributed by atoms with Gasteiger partial charge in [-0.3, -0.25) is 0 Å². The fourth-order valence-electron chi connectivity index (χ4n) is 3.67. The number of ether oxygens (including phenoxy) is 2. The van der Waals surface area contributed by atoms with Gasteiger partial charge in [0.05, 0.1) is 22.8 Å². The molecule has 7 heteroatoms. The van der Waals surface area contributed by atoms with Gasteiger partial charge in [0.2, 0.25) is 6.79 Å². The maximum Gasteiger partial charge on any atom is 0.231 e. The second-order valence-electron chi connectivity index (χ2n) is 6.68. The third kappa shape index (κ3) is 2.30. The molecular weight excluding hydrogens is 354 g/mol. The first-order valence-electron chi connectivity index (χ1n) is 8.16. The Morgan fingerprint density at radius 1 is 1.19 bits per heavy atom. The van der Waals surface area contributed by atoms with Crippen molar-refractivity contribution in [1.82, 2.24) is 0 Å². The van der Waals surface area contributed by atoms with E-state index < -0.39 is 33.0 Å². The van der Waals surface area contributed by atoms with Crippen LogP contribution in [-0.4, -0.2) is 32.2 Å². The molecule has 134 valence electrons. The number of hydrogen-bond donors (Lipinski definition) is 1. The molecule has 2 aromatic carbocycles. The summed E-state index contributed by atoms with van der Waals surface area (Å²) >= 11 is 0. The van der Waals surface area contributed by atoms with Gasteiger partial charge in [-0.1, -0.05) is 23.8 Å². The van der Waals surface area contributed by atoms with Crippen molar-refractivity contribution in [2.24, 2.45) is 5.41 Å². The molecule has 0 unspecified atom stereocenters. The minimum atomic E-state index is -3.78. The Kier molecular flexibility index (Phi) is 3.72. The maximum absolute atomic E-state index is 13.1. The van der Waals surface area contributed by atoms with E-state index in [1.54, 1.807) is 42.5 Å². The number of fused-ring (bicyclic) bond motifs is 1. The SMILES string of the molecule is Cc1ccc(S(=O)(=O)[C@@H]2[C@@H](c3ccc4c(c3)OCO4)[C@@]2(C#N)CO)cc1. The lowest BCUT2D eigenvalue weighted by Gasteiger charge is -2.06. The molecule has 1 fully saturated rings. The van der Waals surface area contributed by atoms with Crippen LogP contribution in [0.3, 0.4) is 0 Å². The fraction of sp³-hybridized carbons (Fsp3) is 0.316. The number of hydrogen-bond acceptors (Lipinski definition) is 6. The molecule has 6 nitrogen and oxygen atoms in total. The Morgan fingerprint density at radius 3 is 2.54 bits per heavy atom. The Hall–Kier alpha value is -2.56. The Bertz CT molecular complexity index is 1010. The summed E-state index contributed by atoms with van der Waals surface area (Å²) in [6.07, 6.45) is 0. The molecule has 2 aliphatic rings. The summed E-state index contributed by atoms with van der Waals surface area (Å²) in [5.74, 6) is 0.475. The monoisotopic (exact) mass is 371 g/mol. The van der Waals surface area contributed by atoms with E-state index in [1.165, 1.54) is 0 Å².